The molecular formula is C26H46O4. The van der Waals surface area contributed by atoms with Gasteiger partial charge in [0.15, 0.2) is 0 Å². The van der Waals surface area contributed by atoms with E-state index < -0.39 is 12.1 Å². The van der Waals surface area contributed by atoms with Crippen LogP contribution in [-0.2, 0) is 4.79 Å². The van der Waals surface area contributed by atoms with E-state index in [1.54, 1.807) is 0 Å². The van der Waals surface area contributed by atoms with Crippen molar-refractivity contribution in [3.8, 4) is 0 Å². The van der Waals surface area contributed by atoms with Crippen LogP contribution in [0.4, 0.5) is 0 Å². The van der Waals surface area contributed by atoms with Crippen molar-refractivity contribution < 1.29 is 20.1 Å². The molecule has 1 saturated carbocycles. The Morgan fingerprint density at radius 1 is 1.20 bits per heavy atom. The third-order valence-corrected chi connectivity index (χ3v) is 6.38. The Kier molecular flexibility index (Phi) is 11.9. The number of hydrogen-bond donors (Lipinski definition) is 3. The first-order valence-electron chi connectivity index (χ1n) is 11.9. The van der Waals surface area contributed by atoms with E-state index in [9.17, 15) is 15.0 Å². The van der Waals surface area contributed by atoms with Gasteiger partial charge in [-0.05, 0) is 75.0 Å². The van der Waals surface area contributed by atoms with Crippen LogP contribution < -0.4 is 0 Å². The molecule has 0 radical (unpaired) electrons. The van der Waals surface area contributed by atoms with Gasteiger partial charge in [0.25, 0.3) is 0 Å². The molecule has 0 bridgehead atoms. The maximum absolute atomic E-state index is 10.9. The fourth-order valence-corrected chi connectivity index (χ4v) is 4.80. The van der Waals surface area contributed by atoms with Crippen molar-refractivity contribution in [1.29, 1.82) is 0 Å². The summed E-state index contributed by atoms with van der Waals surface area (Å²) in [7, 11) is 0. The molecule has 4 nitrogen and oxygen atoms in total. The van der Waals surface area contributed by atoms with Crippen LogP contribution in [0.15, 0.2) is 23.8 Å². The fourth-order valence-electron chi connectivity index (χ4n) is 4.80. The van der Waals surface area contributed by atoms with E-state index in [1.165, 1.54) is 5.57 Å². The lowest BCUT2D eigenvalue weighted by atomic mass is 9.82. The van der Waals surface area contributed by atoms with Gasteiger partial charge in [0.2, 0.25) is 0 Å². The van der Waals surface area contributed by atoms with Gasteiger partial charge < -0.3 is 15.3 Å². The van der Waals surface area contributed by atoms with Gasteiger partial charge in [-0.1, -0.05) is 64.3 Å². The van der Waals surface area contributed by atoms with Crippen LogP contribution in [-0.4, -0.2) is 33.5 Å². The van der Waals surface area contributed by atoms with Crippen molar-refractivity contribution in [2.45, 2.75) is 111 Å². The largest absolute Gasteiger partial charge is 0.481 e. The molecule has 0 aromatic rings. The summed E-state index contributed by atoms with van der Waals surface area (Å²) in [5.41, 5.74) is 1.22. The predicted octanol–water partition coefficient (Wildman–Crippen LogP) is 6.12. The molecule has 0 saturated heterocycles. The zero-order chi connectivity index (χ0) is 22.7. The second-order valence-electron chi connectivity index (χ2n) is 10.6. The van der Waals surface area contributed by atoms with Gasteiger partial charge in [0.05, 0.1) is 18.6 Å². The molecular weight excluding hydrogens is 376 g/mol. The molecule has 3 N–H and O–H groups in total. The van der Waals surface area contributed by atoms with Gasteiger partial charge in [-0.2, -0.15) is 0 Å². The highest BCUT2D eigenvalue weighted by Crippen LogP contribution is 2.37. The first kappa shape index (κ1) is 26.9. The molecule has 30 heavy (non-hydrogen) atoms. The van der Waals surface area contributed by atoms with Gasteiger partial charge in [0, 0.05) is 0 Å². The Morgan fingerprint density at radius 3 is 2.53 bits per heavy atom. The Balaban J connectivity index is 2.41. The molecule has 1 aliphatic rings. The monoisotopic (exact) mass is 422 g/mol. The molecule has 1 fully saturated rings. The lowest BCUT2D eigenvalue weighted by molar-refractivity contribution is -0.139. The molecule has 0 amide bonds. The molecule has 0 aromatic carbocycles. The van der Waals surface area contributed by atoms with E-state index in [0.29, 0.717) is 11.8 Å². The maximum atomic E-state index is 10.9. The van der Waals surface area contributed by atoms with E-state index in [4.69, 9.17) is 5.11 Å². The summed E-state index contributed by atoms with van der Waals surface area (Å²) in [6, 6.07) is 0. The first-order chi connectivity index (χ1) is 14.0. The molecule has 1 aliphatic carbocycles. The van der Waals surface area contributed by atoms with Crippen molar-refractivity contribution in [1.82, 2.24) is 0 Å². The Labute approximate surface area is 184 Å². The van der Waals surface area contributed by atoms with Crippen LogP contribution in [0.25, 0.3) is 0 Å². The van der Waals surface area contributed by atoms with Gasteiger partial charge in [-0.15, -0.1) is 0 Å². The number of unbranched alkanes of at least 4 members (excludes halogenated alkanes) is 1. The van der Waals surface area contributed by atoms with Crippen LogP contribution >= 0.6 is 0 Å². The van der Waals surface area contributed by atoms with Gasteiger partial charge >= 0.3 is 5.97 Å². The summed E-state index contributed by atoms with van der Waals surface area (Å²) < 4.78 is 0. The fraction of sp³-hybridized carbons (Fsp3) is 0.808. The minimum Gasteiger partial charge on any atom is -0.481 e. The molecule has 1 rings (SSSR count). The summed E-state index contributed by atoms with van der Waals surface area (Å²) in [6.07, 6.45) is 14.2. The van der Waals surface area contributed by atoms with Crippen LogP contribution in [0, 0.1) is 23.2 Å². The predicted molar refractivity (Wildman–Crippen MR) is 124 cm³/mol. The lowest BCUT2D eigenvalue weighted by Crippen LogP contribution is -2.19. The average molecular weight is 423 g/mol. The van der Waals surface area contributed by atoms with E-state index >= 15 is 0 Å². The molecule has 0 heterocycles. The minimum absolute atomic E-state index is 0.175. The SMILES string of the molecule is CC(=CCCC(O)C=C[C@H]1CC[C@H](O)[C@@H]1CCCCC(C)(C)CC(=O)O)CC(C)C. The van der Waals surface area contributed by atoms with Crippen LogP contribution in [0.5, 0.6) is 0 Å². The summed E-state index contributed by atoms with van der Waals surface area (Å²) >= 11 is 0. The number of carboxylic acids is 1. The van der Waals surface area contributed by atoms with Gasteiger partial charge in [-0.3, -0.25) is 4.79 Å². The molecule has 0 aliphatic heterocycles. The number of allylic oxidation sites excluding steroid dienone is 3. The summed E-state index contributed by atoms with van der Waals surface area (Å²) in [5, 5.41) is 29.7. The Hall–Kier alpha value is -1.13. The number of rotatable bonds is 14. The number of carboxylic acid groups (broad SMARTS) is 1. The number of carbonyl (C=O) groups is 1. The van der Waals surface area contributed by atoms with Crippen molar-refractivity contribution in [2.24, 2.45) is 23.2 Å². The van der Waals surface area contributed by atoms with Gasteiger partial charge in [0.1, 0.15) is 0 Å². The highest BCUT2D eigenvalue weighted by atomic mass is 16.4. The van der Waals surface area contributed by atoms with Crippen LogP contribution in [0.3, 0.4) is 0 Å². The second kappa shape index (κ2) is 13.3. The standard InChI is InChI=1S/C26H46O4/c1-19(2)17-20(3)9-8-10-22(27)14-12-21-13-15-24(28)23(21)11-6-7-16-26(4,5)18-25(29)30/h9,12,14,19,21-24,27-28H,6-8,10-11,13,15-18H2,1-5H3,(H,29,30)/t21-,22?,23+,24-/m0/s1. The van der Waals surface area contributed by atoms with Crippen molar-refractivity contribution in [2.75, 3.05) is 0 Å². The van der Waals surface area contributed by atoms with E-state index in [1.807, 2.05) is 19.9 Å². The zero-order valence-electron chi connectivity index (χ0n) is 19.9. The molecule has 4 atom stereocenters. The van der Waals surface area contributed by atoms with E-state index in [-0.39, 0.29) is 23.9 Å². The van der Waals surface area contributed by atoms with Crippen molar-refractivity contribution in [3.63, 3.8) is 0 Å². The second-order valence-corrected chi connectivity index (χ2v) is 10.6. The smallest absolute Gasteiger partial charge is 0.303 e. The molecule has 4 heteroatoms. The Morgan fingerprint density at radius 2 is 1.90 bits per heavy atom. The van der Waals surface area contributed by atoms with Crippen molar-refractivity contribution >= 4 is 5.97 Å². The summed E-state index contributed by atoms with van der Waals surface area (Å²) in [4.78, 5) is 10.9. The third kappa shape index (κ3) is 11.3. The summed E-state index contributed by atoms with van der Waals surface area (Å²) in [5.74, 6) is 0.518. The molecule has 1 unspecified atom stereocenters. The van der Waals surface area contributed by atoms with Crippen LogP contribution in [0.1, 0.15) is 98.8 Å². The van der Waals surface area contributed by atoms with E-state index in [2.05, 4.69) is 32.9 Å². The summed E-state index contributed by atoms with van der Waals surface area (Å²) in [6.45, 7) is 10.6. The molecule has 0 spiro atoms. The van der Waals surface area contributed by atoms with Crippen LogP contribution in [0.2, 0.25) is 0 Å². The number of hydrogen-bond acceptors (Lipinski definition) is 3. The lowest BCUT2D eigenvalue weighted by Gasteiger charge is -2.24. The third-order valence-electron chi connectivity index (χ3n) is 6.38. The Bertz CT molecular complexity index is 561. The zero-order valence-corrected chi connectivity index (χ0v) is 19.9. The minimum atomic E-state index is -0.736. The number of aliphatic hydroxyl groups excluding tert-OH is 2. The van der Waals surface area contributed by atoms with Gasteiger partial charge in [-0.25, -0.2) is 0 Å². The normalized spacial score (nSPS) is 24.1. The molecule has 0 aromatic heterocycles. The first-order valence-corrected chi connectivity index (χ1v) is 11.9. The number of aliphatic carboxylic acids is 1. The topological polar surface area (TPSA) is 77.8 Å². The molecule has 174 valence electrons. The van der Waals surface area contributed by atoms with Crippen molar-refractivity contribution in [3.05, 3.63) is 23.8 Å². The maximum Gasteiger partial charge on any atom is 0.303 e. The highest BCUT2D eigenvalue weighted by Gasteiger charge is 2.33. The quantitative estimate of drug-likeness (QED) is 0.233. The highest BCUT2D eigenvalue weighted by molar-refractivity contribution is 5.67. The average Bonchev–Trinajstić information content (AvgIpc) is 2.95. The number of aliphatic hydroxyl groups is 2. The van der Waals surface area contributed by atoms with E-state index in [0.717, 1.165) is 57.8 Å².